The van der Waals surface area contributed by atoms with Gasteiger partial charge in [0, 0.05) is 6.92 Å². The van der Waals surface area contributed by atoms with Gasteiger partial charge in [-0.3, -0.25) is 14.4 Å². The Hall–Kier alpha value is -1.19. The molecule has 0 saturated heterocycles. The van der Waals surface area contributed by atoms with Crippen LogP contribution in [0.1, 0.15) is 20.3 Å². The maximum absolute atomic E-state index is 10.7. The zero-order chi connectivity index (χ0) is 8.85. The Morgan fingerprint density at radius 3 is 2.09 bits per heavy atom. The first-order chi connectivity index (χ1) is 5.02. The molecule has 0 fully saturated rings. The minimum atomic E-state index is -0.512. The third-order valence-corrected chi connectivity index (χ3v) is 0.883. The molecule has 62 valence electrons. The second-order valence-corrected chi connectivity index (χ2v) is 2.20. The molecule has 0 aliphatic carbocycles. The van der Waals surface area contributed by atoms with Crippen molar-refractivity contribution in [3.63, 3.8) is 0 Å². The van der Waals surface area contributed by atoms with Crippen molar-refractivity contribution in [3.8, 4) is 0 Å². The van der Waals surface area contributed by atoms with E-state index in [1.165, 1.54) is 13.8 Å². The van der Waals surface area contributed by atoms with Crippen LogP contribution in [0.5, 0.6) is 0 Å². The van der Waals surface area contributed by atoms with Crippen molar-refractivity contribution in [3.05, 3.63) is 0 Å². The van der Waals surface area contributed by atoms with Crippen LogP contribution in [-0.2, 0) is 19.1 Å². The van der Waals surface area contributed by atoms with Crippen LogP contribution in [0, 0.1) is 0 Å². The minimum Gasteiger partial charge on any atom is -0.458 e. The number of hydrogen-bond acceptors (Lipinski definition) is 4. The molecule has 0 rings (SSSR count). The summed E-state index contributed by atoms with van der Waals surface area (Å²) in [7, 11) is 0. The van der Waals surface area contributed by atoms with Gasteiger partial charge in [-0.25, -0.2) is 0 Å². The van der Waals surface area contributed by atoms with E-state index in [0.29, 0.717) is 0 Å². The molecule has 0 aromatic heterocycles. The van der Waals surface area contributed by atoms with Crippen LogP contribution >= 0.6 is 0 Å². The van der Waals surface area contributed by atoms with E-state index in [1.807, 2.05) is 0 Å². The van der Waals surface area contributed by atoms with E-state index in [4.69, 9.17) is 0 Å². The fourth-order valence-electron chi connectivity index (χ4n) is 0.511. The van der Waals surface area contributed by atoms with Crippen molar-refractivity contribution in [1.82, 2.24) is 0 Å². The van der Waals surface area contributed by atoms with Crippen LogP contribution in [0.25, 0.3) is 0 Å². The standard InChI is InChI=1S/C7H10O4/c1-5(8)3-7(10)4-11-6(2)9/h3-4H2,1-2H3. The molecule has 0 aromatic rings. The minimum absolute atomic E-state index is 0.159. The summed E-state index contributed by atoms with van der Waals surface area (Å²) < 4.78 is 4.36. The third kappa shape index (κ3) is 6.70. The molecule has 0 amide bonds. The van der Waals surface area contributed by atoms with Crippen molar-refractivity contribution >= 4 is 17.5 Å². The highest BCUT2D eigenvalue weighted by Gasteiger charge is 2.06. The normalized spacial score (nSPS) is 8.91. The Bertz CT molecular complexity index is 183. The van der Waals surface area contributed by atoms with Crippen molar-refractivity contribution < 1.29 is 19.1 Å². The fourth-order valence-corrected chi connectivity index (χ4v) is 0.511. The number of ether oxygens (including phenoxy) is 1. The molecule has 0 unspecified atom stereocenters. The first-order valence-electron chi connectivity index (χ1n) is 3.17. The van der Waals surface area contributed by atoms with E-state index < -0.39 is 5.97 Å². The highest BCUT2D eigenvalue weighted by Crippen LogP contribution is 1.86. The quantitative estimate of drug-likeness (QED) is 0.430. The monoisotopic (exact) mass is 158 g/mol. The van der Waals surface area contributed by atoms with Gasteiger partial charge in [-0.1, -0.05) is 0 Å². The topological polar surface area (TPSA) is 60.4 Å². The van der Waals surface area contributed by atoms with Gasteiger partial charge in [0.1, 0.15) is 12.4 Å². The number of rotatable bonds is 4. The largest absolute Gasteiger partial charge is 0.458 e. The summed E-state index contributed by atoms with van der Waals surface area (Å²) in [5.74, 6) is -1.10. The number of carbonyl (C=O) groups is 3. The van der Waals surface area contributed by atoms with E-state index in [-0.39, 0.29) is 24.6 Å². The molecule has 0 aliphatic heterocycles. The molecular weight excluding hydrogens is 148 g/mol. The zero-order valence-corrected chi connectivity index (χ0v) is 6.55. The van der Waals surface area contributed by atoms with E-state index in [1.54, 1.807) is 0 Å². The van der Waals surface area contributed by atoms with Gasteiger partial charge in [0.2, 0.25) is 0 Å². The highest BCUT2D eigenvalue weighted by molar-refractivity contribution is 5.98. The molecule has 4 heteroatoms. The van der Waals surface area contributed by atoms with Crippen LogP contribution in [0.3, 0.4) is 0 Å². The smallest absolute Gasteiger partial charge is 0.303 e. The summed E-state index contributed by atoms with van der Waals surface area (Å²) in [6.07, 6.45) is -0.159. The van der Waals surface area contributed by atoms with E-state index in [9.17, 15) is 14.4 Å². The summed E-state index contributed by atoms with van der Waals surface area (Å²) >= 11 is 0. The van der Waals surface area contributed by atoms with Crippen molar-refractivity contribution in [2.75, 3.05) is 6.61 Å². The van der Waals surface area contributed by atoms with Crippen molar-refractivity contribution in [1.29, 1.82) is 0 Å². The van der Waals surface area contributed by atoms with Gasteiger partial charge < -0.3 is 4.74 Å². The van der Waals surface area contributed by atoms with Crippen LogP contribution in [0.2, 0.25) is 0 Å². The molecule has 4 nitrogen and oxygen atoms in total. The molecular formula is C7H10O4. The molecule has 0 bridgehead atoms. The summed E-state index contributed by atoms with van der Waals surface area (Å²) in [4.78, 5) is 31.2. The van der Waals surface area contributed by atoms with Crippen molar-refractivity contribution in [2.24, 2.45) is 0 Å². The lowest BCUT2D eigenvalue weighted by atomic mass is 10.2. The lowest BCUT2D eigenvalue weighted by Crippen LogP contribution is -2.14. The van der Waals surface area contributed by atoms with E-state index in [0.717, 1.165) is 0 Å². The Kier molecular flexibility index (Phi) is 4.10. The maximum atomic E-state index is 10.7. The van der Waals surface area contributed by atoms with Crippen LogP contribution < -0.4 is 0 Å². The Morgan fingerprint density at radius 1 is 1.18 bits per heavy atom. The molecule has 0 aliphatic rings. The number of carbonyl (C=O) groups excluding carboxylic acids is 3. The fraction of sp³-hybridized carbons (Fsp3) is 0.571. The second kappa shape index (κ2) is 4.60. The first-order valence-corrected chi connectivity index (χ1v) is 3.17. The summed E-state index contributed by atoms with van der Waals surface area (Å²) in [6, 6.07) is 0. The molecule has 0 radical (unpaired) electrons. The van der Waals surface area contributed by atoms with Gasteiger partial charge in [-0.2, -0.15) is 0 Å². The summed E-state index contributed by atoms with van der Waals surface area (Å²) in [5, 5.41) is 0. The van der Waals surface area contributed by atoms with E-state index in [2.05, 4.69) is 4.74 Å². The second-order valence-electron chi connectivity index (χ2n) is 2.20. The van der Waals surface area contributed by atoms with Crippen LogP contribution in [0.15, 0.2) is 0 Å². The van der Waals surface area contributed by atoms with Crippen LogP contribution in [0.4, 0.5) is 0 Å². The van der Waals surface area contributed by atoms with Gasteiger partial charge in [0.05, 0.1) is 6.42 Å². The van der Waals surface area contributed by atoms with Gasteiger partial charge in [-0.15, -0.1) is 0 Å². The van der Waals surface area contributed by atoms with Crippen molar-refractivity contribution in [2.45, 2.75) is 20.3 Å². The Labute approximate surface area is 64.5 Å². The molecule has 0 spiro atoms. The number of esters is 1. The SMILES string of the molecule is CC(=O)CC(=O)COC(C)=O. The predicted molar refractivity (Wildman–Crippen MR) is 36.9 cm³/mol. The molecule has 11 heavy (non-hydrogen) atoms. The summed E-state index contributed by atoms with van der Waals surface area (Å²) in [5.41, 5.74) is 0. The molecule has 0 aromatic carbocycles. The predicted octanol–water partition coefficient (Wildman–Crippen LogP) is 0.0977. The maximum Gasteiger partial charge on any atom is 0.303 e. The molecule has 0 heterocycles. The molecule has 0 N–H and O–H groups in total. The molecule has 0 saturated carbocycles. The number of ketones is 2. The van der Waals surface area contributed by atoms with Crippen LogP contribution in [-0.4, -0.2) is 24.1 Å². The first kappa shape index (κ1) is 9.81. The zero-order valence-electron chi connectivity index (χ0n) is 6.55. The van der Waals surface area contributed by atoms with Gasteiger partial charge in [0.15, 0.2) is 5.78 Å². The van der Waals surface area contributed by atoms with Gasteiger partial charge >= 0.3 is 5.97 Å². The lowest BCUT2D eigenvalue weighted by Gasteiger charge is -1.97. The summed E-state index contributed by atoms with van der Waals surface area (Å²) in [6.45, 7) is 2.22. The average Bonchev–Trinajstić information content (AvgIpc) is 1.82. The van der Waals surface area contributed by atoms with E-state index >= 15 is 0 Å². The molecule has 0 atom stereocenters. The Balaban J connectivity index is 3.53. The van der Waals surface area contributed by atoms with Gasteiger partial charge in [0.25, 0.3) is 0 Å². The average molecular weight is 158 g/mol. The van der Waals surface area contributed by atoms with Gasteiger partial charge in [-0.05, 0) is 6.92 Å². The highest BCUT2D eigenvalue weighted by atomic mass is 16.5. The lowest BCUT2D eigenvalue weighted by molar-refractivity contribution is -0.146. The number of Topliss-reactive ketones (excluding diaryl/α,β-unsaturated/α-hetero) is 2. The Morgan fingerprint density at radius 2 is 1.73 bits per heavy atom. The number of hydrogen-bond donors (Lipinski definition) is 0. The third-order valence-electron chi connectivity index (χ3n) is 0.883.